The second-order valence-corrected chi connectivity index (χ2v) is 7.28. The number of nitrogens with one attached hydrogen (secondary N) is 3. The fourth-order valence-corrected chi connectivity index (χ4v) is 3.48. The van der Waals surface area contributed by atoms with Crippen LogP contribution in [0.4, 0.5) is 16.2 Å². The summed E-state index contributed by atoms with van der Waals surface area (Å²) in [7, 11) is 2.88. The summed E-state index contributed by atoms with van der Waals surface area (Å²) < 4.78 is 9.86. The van der Waals surface area contributed by atoms with Crippen LogP contribution in [0.3, 0.4) is 0 Å². The van der Waals surface area contributed by atoms with Crippen LogP contribution in [0.25, 0.3) is 0 Å². The molecule has 0 aliphatic carbocycles. The van der Waals surface area contributed by atoms with Gasteiger partial charge in [0, 0.05) is 31.7 Å². The number of hydrogen-bond donors (Lipinski definition) is 3. The SMILES string of the molecule is COC(=O)c1ccc(N2CCCC2)c(NC(=O)NCCNC(=O)c2ccc(OC)cc2)c1. The Balaban J connectivity index is 1.54. The Morgan fingerprint density at radius 2 is 1.56 bits per heavy atom. The van der Waals surface area contributed by atoms with Crippen LogP contribution < -0.4 is 25.6 Å². The zero-order valence-electron chi connectivity index (χ0n) is 18.3. The molecule has 0 spiro atoms. The van der Waals surface area contributed by atoms with Gasteiger partial charge in [-0.3, -0.25) is 4.79 Å². The summed E-state index contributed by atoms with van der Waals surface area (Å²) in [6.45, 7) is 2.29. The third-order valence-corrected chi connectivity index (χ3v) is 5.16. The lowest BCUT2D eigenvalue weighted by molar-refractivity contribution is 0.0600. The molecule has 1 heterocycles. The van der Waals surface area contributed by atoms with E-state index in [0.29, 0.717) is 22.6 Å². The van der Waals surface area contributed by atoms with Crippen molar-refractivity contribution >= 4 is 29.3 Å². The van der Waals surface area contributed by atoms with E-state index in [0.717, 1.165) is 31.6 Å². The summed E-state index contributed by atoms with van der Waals surface area (Å²) in [6, 6.07) is 11.5. The minimum absolute atomic E-state index is 0.239. The van der Waals surface area contributed by atoms with Gasteiger partial charge < -0.3 is 30.3 Å². The molecule has 1 fully saturated rings. The lowest BCUT2D eigenvalue weighted by Crippen LogP contribution is -2.37. The van der Waals surface area contributed by atoms with Crippen LogP contribution in [-0.2, 0) is 4.74 Å². The van der Waals surface area contributed by atoms with Gasteiger partial charge in [0.1, 0.15) is 5.75 Å². The lowest BCUT2D eigenvalue weighted by atomic mass is 10.1. The predicted molar refractivity (Wildman–Crippen MR) is 122 cm³/mol. The van der Waals surface area contributed by atoms with Crippen molar-refractivity contribution in [2.24, 2.45) is 0 Å². The first-order valence-electron chi connectivity index (χ1n) is 10.5. The van der Waals surface area contributed by atoms with Crippen LogP contribution >= 0.6 is 0 Å². The second kappa shape index (κ2) is 11.0. The largest absolute Gasteiger partial charge is 0.497 e. The van der Waals surface area contributed by atoms with E-state index in [4.69, 9.17) is 9.47 Å². The standard InChI is InChI=1S/C23H28N4O5/c1-31-18-8-5-16(6-9-18)21(28)24-11-12-25-23(30)26-19-15-17(22(29)32-2)7-10-20(19)27-13-3-4-14-27/h5-10,15H,3-4,11-14H2,1-2H3,(H,24,28)(H2,25,26,30). The highest BCUT2D eigenvalue weighted by atomic mass is 16.5. The molecule has 3 rings (SSSR count). The quantitative estimate of drug-likeness (QED) is 0.430. The van der Waals surface area contributed by atoms with Crippen molar-refractivity contribution in [1.29, 1.82) is 0 Å². The molecule has 0 aromatic heterocycles. The van der Waals surface area contributed by atoms with Crippen molar-refractivity contribution in [2.45, 2.75) is 12.8 Å². The predicted octanol–water partition coefficient (Wildman–Crippen LogP) is 2.63. The molecule has 1 aliphatic heterocycles. The molecule has 9 heteroatoms. The highest BCUT2D eigenvalue weighted by Gasteiger charge is 2.19. The molecular weight excluding hydrogens is 412 g/mol. The highest BCUT2D eigenvalue weighted by Crippen LogP contribution is 2.30. The van der Waals surface area contributed by atoms with E-state index in [-0.39, 0.29) is 19.0 Å². The van der Waals surface area contributed by atoms with E-state index < -0.39 is 12.0 Å². The highest BCUT2D eigenvalue weighted by molar-refractivity contribution is 5.97. The monoisotopic (exact) mass is 440 g/mol. The van der Waals surface area contributed by atoms with Crippen molar-refractivity contribution in [3.05, 3.63) is 53.6 Å². The maximum absolute atomic E-state index is 12.4. The van der Waals surface area contributed by atoms with Crippen LogP contribution in [0.5, 0.6) is 5.75 Å². The summed E-state index contributed by atoms with van der Waals surface area (Å²) in [4.78, 5) is 38.7. The second-order valence-electron chi connectivity index (χ2n) is 7.28. The third kappa shape index (κ3) is 5.90. The number of amides is 3. The number of hydrogen-bond acceptors (Lipinski definition) is 6. The van der Waals surface area contributed by atoms with Crippen molar-refractivity contribution in [3.8, 4) is 5.75 Å². The van der Waals surface area contributed by atoms with Crippen LogP contribution in [0.2, 0.25) is 0 Å². The molecule has 3 amide bonds. The first-order chi connectivity index (χ1) is 15.5. The van der Waals surface area contributed by atoms with E-state index in [9.17, 15) is 14.4 Å². The van der Waals surface area contributed by atoms with Gasteiger partial charge in [0.05, 0.1) is 31.2 Å². The summed E-state index contributed by atoms with van der Waals surface area (Å²) in [5.41, 5.74) is 2.26. The van der Waals surface area contributed by atoms with Gasteiger partial charge in [-0.15, -0.1) is 0 Å². The molecule has 0 bridgehead atoms. The van der Waals surface area contributed by atoms with E-state index >= 15 is 0 Å². The number of methoxy groups -OCH3 is 2. The first kappa shape index (κ1) is 22.9. The summed E-state index contributed by atoms with van der Waals surface area (Å²) in [5, 5.41) is 8.28. The molecule has 1 aliphatic rings. The third-order valence-electron chi connectivity index (χ3n) is 5.16. The average molecular weight is 441 g/mol. The number of ether oxygens (including phenoxy) is 2. The zero-order valence-corrected chi connectivity index (χ0v) is 18.3. The number of urea groups is 1. The number of benzene rings is 2. The van der Waals surface area contributed by atoms with Crippen LogP contribution in [0, 0.1) is 0 Å². The van der Waals surface area contributed by atoms with Gasteiger partial charge in [-0.05, 0) is 55.3 Å². The topological polar surface area (TPSA) is 109 Å². The minimum atomic E-state index is -0.470. The maximum atomic E-state index is 12.4. The number of rotatable bonds is 8. The molecule has 9 nitrogen and oxygen atoms in total. The molecular formula is C23H28N4O5. The van der Waals surface area contributed by atoms with Crippen LogP contribution in [0.15, 0.2) is 42.5 Å². The summed E-state index contributed by atoms with van der Waals surface area (Å²) in [6.07, 6.45) is 2.16. The van der Waals surface area contributed by atoms with Gasteiger partial charge in [0.15, 0.2) is 0 Å². The molecule has 1 saturated heterocycles. The van der Waals surface area contributed by atoms with Crippen molar-refractivity contribution in [3.63, 3.8) is 0 Å². The number of carbonyl (C=O) groups is 3. The first-order valence-corrected chi connectivity index (χ1v) is 10.5. The van der Waals surface area contributed by atoms with Crippen molar-refractivity contribution < 1.29 is 23.9 Å². The van der Waals surface area contributed by atoms with Gasteiger partial charge in [0.25, 0.3) is 5.91 Å². The average Bonchev–Trinajstić information content (AvgIpc) is 3.36. The van der Waals surface area contributed by atoms with Crippen molar-refractivity contribution in [2.75, 3.05) is 50.6 Å². The Morgan fingerprint density at radius 3 is 2.22 bits per heavy atom. The fraction of sp³-hybridized carbons (Fsp3) is 0.348. The molecule has 32 heavy (non-hydrogen) atoms. The number of anilines is 2. The molecule has 3 N–H and O–H groups in total. The molecule has 0 saturated carbocycles. The van der Waals surface area contributed by atoms with Gasteiger partial charge in [0.2, 0.25) is 0 Å². The number of carbonyl (C=O) groups excluding carboxylic acids is 3. The van der Waals surface area contributed by atoms with Crippen LogP contribution in [-0.4, -0.2) is 58.3 Å². The number of esters is 1. The normalized spacial score (nSPS) is 12.8. The molecule has 0 unspecified atom stereocenters. The van der Waals surface area contributed by atoms with E-state index in [1.165, 1.54) is 7.11 Å². The molecule has 0 radical (unpaired) electrons. The van der Waals surface area contributed by atoms with E-state index in [2.05, 4.69) is 20.9 Å². The Labute approximate surface area is 187 Å². The number of nitrogens with zero attached hydrogens (tertiary/aromatic N) is 1. The fourth-order valence-electron chi connectivity index (χ4n) is 3.48. The maximum Gasteiger partial charge on any atom is 0.337 e. The molecule has 0 atom stereocenters. The van der Waals surface area contributed by atoms with Gasteiger partial charge in [-0.2, -0.15) is 0 Å². The smallest absolute Gasteiger partial charge is 0.337 e. The Bertz CT molecular complexity index is 955. The minimum Gasteiger partial charge on any atom is -0.497 e. The Kier molecular flexibility index (Phi) is 7.91. The lowest BCUT2D eigenvalue weighted by Gasteiger charge is -2.22. The Hall–Kier alpha value is -3.75. The molecule has 2 aromatic rings. The zero-order chi connectivity index (χ0) is 22.9. The summed E-state index contributed by atoms with van der Waals surface area (Å²) in [5.74, 6) is -0.0379. The van der Waals surface area contributed by atoms with Gasteiger partial charge in [-0.25, -0.2) is 9.59 Å². The van der Waals surface area contributed by atoms with E-state index in [1.54, 1.807) is 43.5 Å². The van der Waals surface area contributed by atoms with Gasteiger partial charge >= 0.3 is 12.0 Å². The molecule has 170 valence electrons. The van der Waals surface area contributed by atoms with E-state index in [1.807, 2.05) is 6.07 Å². The molecule has 2 aromatic carbocycles. The van der Waals surface area contributed by atoms with Crippen molar-refractivity contribution in [1.82, 2.24) is 10.6 Å². The van der Waals surface area contributed by atoms with Gasteiger partial charge in [-0.1, -0.05) is 0 Å². The summed E-state index contributed by atoms with van der Waals surface area (Å²) >= 11 is 0. The Morgan fingerprint density at radius 1 is 0.906 bits per heavy atom. The van der Waals surface area contributed by atoms with Crippen LogP contribution in [0.1, 0.15) is 33.6 Å².